The van der Waals surface area contributed by atoms with E-state index in [1.807, 2.05) is 24.5 Å². The van der Waals surface area contributed by atoms with Crippen molar-refractivity contribution in [2.45, 2.75) is 37.0 Å². The summed E-state index contributed by atoms with van der Waals surface area (Å²) in [4.78, 5) is 24.9. The SMILES string of the molecule is O=S(=O)([O-])Cc1ccnc(-c2cc(CS(=O)(=O)[O-])ccn2)c1.O=S(=O)=O.[CH2-]CCc1ccnc(-c2cc(C)ccn2)c1.[CH2-]c1ccnc(-c2cc(CS(=O)(=O)[O-])ccn2)c1.[Na+].[Na+].[Ru].[W]. The standard InChI is InChI=1S/C14H15N2.C12H12N2O6S2.C12H11N2O3S.2Na.O3S.Ru.W/c1-3-4-12-6-8-16-14(10-12)13-9-11(2)5-7-15-13;15-21(16,17)7-9-1-3-13-11(5-9)12-6-10(2-4-14-12)8-22(18,19)20;1-9-2-4-13-11(6-9)12-7-10(3-5-14-12)8-18(15,16)17;;;1-4(2)3;;/h5-10H,1,3-4H2,2H3;1-6H,7-8H2,(H,15,16,17)(H,18,19,20);2-7H,1,8H2,(H,15,16,17);;;;;/q-1;;-1;2*+1;;;/p-3. The summed E-state index contributed by atoms with van der Waals surface area (Å²) in [5, 5.41) is 0. The quantitative estimate of drug-likeness (QED) is 0.0757. The molecule has 18 nitrogen and oxygen atoms in total. The van der Waals surface area contributed by atoms with Crippen LogP contribution in [0.2, 0.25) is 0 Å². The summed E-state index contributed by atoms with van der Waals surface area (Å²) in [5.74, 6) is -1.92. The first-order valence-corrected chi connectivity index (χ1v) is 22.7. The fraction of sp³-hybridized carbons (Fsp3) is 0.158. The zero-order chi connectivity index (χ0) is 44.5. The number of pyridine rings is 6. The van der Waals surface area contributed by atoms with Crippen molar-refractivity contribution in [3.63, 3.8) is 0 Å². The number of nitrogens with zero attached hydrogens (tertiary/aromatic N) is 6. The fourth-order valence-corrected chi connectivity index (χ4v) is 6.75. The Bertz CT molecular complexity index is 2790. The second-order valence-corrected chi connectivity index (χ2v) is 17.0. The molecular weight excluding hydrogens is 1190 g/mol. The van der Waals surface area contributed by atoms with E-state index < -0.39 is 58.2 Å². The van der Waals surface area contributed by atoms with Crippen molar-refractivity contribution in [2.75, 3.05) is 0 Å². The van der Waals surface area contributed by atoms with E-state index in [4.69, 9.17) is 12.6 Å². The first-order valence-electron chi connectivity index (χ1n) is 17.0. The van der Waals surface area contributed by atoms with E-state index in [2.05, 4.69) is 62.8 Å². The molecule has 0 aromatic carbocycles. The minimum Gasteiger partial charge on any atom is -0.748 e. The van der Waals surface area contributed by atoms with Gasteiger partial charge in [0.1, 0.15) is 0 Å². The molecule has 64 heavy (non-hydrogen) atoms. The van der Waals surface area contributed by atoms with Crippen LogP contribution in [0.1, 0.15) is 39.8 Å². The van der Waals surface area contributed by atoms with E-state index in [-0.39, 0.29) is 122 Å². The second kappa shape index (κ2) is 30.7. The molecule has 0 fully saturated rings. The van der Waals surface area contributed by atoms with Crippen LogP contribution in [0, 0.1) is 20.8 Å². The summed E-state index contributed by atoms with van der Waals surface area (Å²) in [6.45, 7) is 9.70. The van der Waals surface area contributed by atoms with Crippen molar-refractivity contribution >= 4 is 41.0 Å². The third-order valence-electron chi connectivity index (χ3n) is 7.32. The fourth-order valence-electron chi connectivity index (χ4n) is 4.99. The van der Waals surface area contributed by atoms with Gasteiger partial charge in [-0.3, -0.25) is 29.9 Å². The minimum atomic E-state index is -4.43. The largest absolute Gasteiger partial charge is 1.00 e. The van der Waals surface area contributed by atoms with Gasteiger partial charge in [0.05, 0.1) is 76.1 Å². The molecule has 0 unspecified atom stereocenters. The molecule has 0 radical (unpaired) electrons. The molecule has 0 atom stereocenters. The molecule has 26 heteroatoms. The summed E-state index contributed by atoms with van der Waals surface area (Å²) >= 11 is 0. The summed E-state index contributed by atoms with van der Waals surface area (Å²) in [7, 11) is -16.3. The van der Waals surface area contributed by atoms with Gasteiger partial charge in [0, 0.05) is 77.2 Å². The molecule has 0 amide bonds. The van der Waals surface area contributed by atoms with Crippen molar-refractivity contribution in [3.05, 3.63) is 157 Å². The number of hydrogen-bond donors (Lipinski definition) is 0. The van der Waals surface area contributed by atoms with Gasteiger partial charge in [-0.25, -0.2) is 25.3 Å². The maximum Gasteiger partial charge on any atom is 1.00 e. The first kappa shape index (κ1) is 63.5. The van der Waals surface area contributed by atoms with Crippen LogP contribution in [0.5, 0.6) is 0 Å². The van der Waals surface area contributed by atoms with Crippen molar-refractivity contribution in [1.29, 1.82) is 0 Å². The van der Waals surface area contributed by atoms with Crippen molar-refractivity contribution in [3.8, 4) is 34.2 Å². The van der Waals surface area contributed by atoms with Gasteiger partial charge in [-0.05, 0) is 102 Å². The zero-order valence-electron chi connectivity index (χ0n) is 34.3. The Labute approximate surface area is 445 Å². The van der Waals surface area contributed by atoms with Gasteiger partial charge in [-0.1, -0.05) is 6.42 Å². The summed E-state index contributed by atoms with van der Waals surface area (Å²) in [6, 6.07) is 20.2. The minimum absolute atomic E-state index is 0. The maximum atomic E-state index is 10.8. The molecule has 6 aromatic heterocycles. The molecule has 332 valence electrons. The molecule has 0 bridgehead atoms. The topological polar surface area (TPSA) is 300 Å². The van der Waals surface area contributed by atoms with Crippen LogP contribution in [-0.2, 0) is 105 Å². The smallest absolute Gasteiger partial charge is 0.748 e. The Morgan fingerprint density at radius 2 is 0.766 bits per heavy atom. The van der Waals surface area contributed by atoms with Gasteiger partial charge in [0.15, 0.2) is 0 Å². The normalized spacial score (nSPS) is 10.4. The Kier molecular flexibility index (Phi) is 30.4. The molecular formula is C38H35N6Na2O12RuS4W-3. The molecule has 6 aromatic rings. The van der Waals surface area contributed by atoms with Crippen LogP contribution in [0.3, 0.4) is 0 Å². The second-order valence-electron chi connectivity index (χ2n) is 12.4. The Morgan fingerprint density at radius 1 is 0.500 bits per heavy atom. The summed E-state index contributed by atoms with van der Waals surface area (Å²) < 4.78 is 122. The van der Waals surface area contributed by atoms with Gasteiger partial charge in [-0.2, -0.15) is 18.9 Å². The van der Waals surface area contributed by atoms with Crippen LogP contribution >= 0.6 is 0 Å². The molecule has 0 saturated carbocycles. The van der Waals surface area contributed by atoms with Crippen molar-refractivity contribution in [2.24, 2.45) is 0 Å². The molecule has 0 N–H and O–H groups in total. The van der Waals surface area contributed by atoms with E-state index in [0.717, 1.165) is 29.8 Å². The van der Waals surface area contributed by atoms with Gasteiger partial charge in [0.2, 0.25) is 0 Å². The van der Waals surface area contributed by atoms with Gasteiger partial charge in [0.25, 0.3) is 0 Å². The van der Waals surface area contributed by atoms with E-state index in [9.17, 15) is 38.9 Å². The Hall–Kier alpha value is -2.57. The van der Waals surface area contributed by atoms with Crippen LogP contribution < -0.4 is 59.1 Å². The maximum absolute atomic E-state index is 10.8. The molecule has 0 aliphatic carbocycles. The zero-order valence-corrected chi connectivity index (χ0v) is 46.3. The van der Waals surface area contributed by atoms with Gasteiger partial charge >= 0.3 is 69.7 Å². The average Bonchev–Trinajstić information content (AvgIpc) is 3.14. The molecule has 6 rings (SSSR count). The van der Waals surface area contributed by atoms with Crippen molar-refractivity contribution < 1.29 is 151 Å². The van der Waals surface area contributed by atoms with Crippen LogP contribution in [0.4, 0.5) is 0 Å². The predicted octanol–water partition coefficient (Wildman–Crippen LogP) is -2.18. The van der Waals surface area contributed by atoms with E-state index in [1.165, 1.54) is 66.1 Å². The Morgan fingerprint density at radius 3 is 1.06 bits per heavy atom. The summed E-state index contributed by atoms with van der Waals surface area (Å²) in [5.41, 5.74) is 7.65. The van der Waals surface area contributed by atoms with Crippen LogP contribution in [0.25, 0.3) is 34.2 Å². The number of rotatable bonds is 11. The number of hydrogen-bond acceptors (Lipinski definition) is 18. The van der Waals surface area contributed by atoms with E-state index in [0.29, 0.717) is 17.0 Å². The third-order valence-corrected chi connectivity index (χ3v) is 9.38. The van der Waals surface area contributed by atoms with Gasteiger partial charge in [-0.15, -0.1) is 24.8 Å². The Balaban J connectivity index is 0. The molecule has 0 spiro atoms. The monoisotopic (exact) mass is 1230 g/mol. The van der Waals surface area contributed by atoms with Crippen molar-refractivity contribution in [1.82, 2.24) is 29.9 Å². The summed E-state index contributed by atoms with van der Waals surface area (Å²) in [6.07, 6.45) is 11.2. The van der Waals surface area contributed by atoms with Crippen LogP contribution in [-0.4, -0.2) is 81.4 Å². The van der Waals surface area contributed by atoms with E-state index >= 15 is 0 Å². The molecule has 0 aliphatic heterocycles. The van der Waals surface area contributed by atoms with E-state index in [1.54, 1.807) is 18.3 Å². The molecule has 6 heterocycles. The number of aromatic nitrogens is 6. The molecule has 0 saturated heterocycles. The van der Waals surface area contributed by atoms with Gasteiger partial charge < -0.3 is 20.6 Å². The predicted molar refractivity (Wildman–Crippen MR) is 215 cm³/mol. The molecule has 0 aliphatic rings. The van der Waals surface area contributed by atoms with Crippen LogP contribution in [0.15, 0.2) is 110 Å². The average molecular weight is 1230 g/mol. The third kappa shape index (κ3) is 26.5. The number of aryl methyl sites for hydroxylation is 2. The first-order chi connectivity index (χ1) is 28.1.